The van der Waals surface area contributed by atoms with Crippen LogP contribution in [-0.2, 0) is 7.05 Å². The molecule has 2 bridgehead atoms. The van der Waals surface area contributed by atoms with Crippen LogP contribution in [0.5, 0.6) is 0 Å². The molecule has 26 heavy (non-hydrogen) atoms. The van der Waals surface area contributed by atoms with Gasteiger partial charge in [-0.1, -0.05) is 0 Å². The van der Waals surface area contributed by atoms with Crippen molar-refractivity contribution in [1.82, 2.24) is 9.55 Å². The van der Waals surface area contributed by atoms with Gasteiger partial charge in [0.25, 0.3) is 0 Å². The highest BCUT2D eigenvalue weighted by Crippen LogP contribution is 2.39. The van der Waals surface area contributed by atoms with Gasteiger partial charge < -0.3 is 19.9 Å². The number of aromatic nitrogens is 2. The molecule has 1 atom stereocenters. The minimum absolute atomic E-state index is 0.119. The number of urea groups is 1. The number of amides is 2. The number of hydrogen-bond donors (Lipinski definition) is 2. The van der Waals surface area contributed by atoms with Crippen molar-refractivity contribution in [1.29, 1.82) is 0 Å². The average Bonchev–Trinajstić information content (AvgIpc) is 3.02. The molecule has 1 saturated heterocycles. The second-order valence-corrected chi connectivity index (χ2v) is 6.42. The highest BCUT2D eigenvalue weighted by molar-refractivity contribution is 6.05. The molecule has 4 rings (SSSR count). The average molecular weight is 355 g/mol. The van der Waals surface area contributed by atoms with Gasteiger partial charge in [0, 0.05) is 38.6 Å². The van der Waals surface area contributed by atoms with E-state index in [-0.39, 0.29) is 22.9 Å². The van der Waals surface area contributed by atoms with E-state index in [1.54, 1.807) is 23.9 Å². The zero-order valence-electron chi connectivity index (χ0n) is 14.0. The SMILES string of the molecule is Cn1ccc(=O)c(NC(=O)N2c3nc(C(=O)O)ccc3N3CCC2C3)c1. The predicted molar refractivity (Wildman–Crippen MR) is 95.0 cm³/mol. The molecule has 0 radical (unpaired) electrons. The maximum absolute atomic E-state index is 12.9. The van der Waals surface area contributed by atoms with E-state index >= 15 is 0 Å². The van der Waals surface area contributed by atoms with Gasteiger partial charge in [-0.05, 0) is 18.6 Å². The topological polar surface area (TPSA) is 108 Å². The quantitative estimate of drug-likeness (QED) is 0.835. The van der Waals surface area contributed by atoms with Crippen LogP contribution >= 0.6 is 0 Å². The van der Waals surface area contributed by atoms with E-state index in [1.807, 2.05) is 0 Å². The summed E-state index contributed by atoms with van der Waals surface area (Å²) in [7, 11) is 1.75. The summed E-state index contributed by atoms with van der Waals surface area (Å²) >= 11 is 0. The molecule has 9 heteroatoms. The molecular weight excluding hydrogens is 338 g/mol. The fraction of sp³-hybridized carbons (Fsp3) is 0.294. The number of nitrogens with one attached hydrogen (secondary N) is 1. The second kappa shape index (κ2) is 5.87. The van der Waals surface area contributed by atoms with Crippen molar-refractivity contribution in [2.45, 2.75) is 12.5 Å². The summed E-state index contributed by atoms with van der Waals surface area (Å²) in [6.45, 7) is 1.42. The lowest BCUT2D eigenvalue weighted by molar-refractivity contribution is 0.0690. The number of nitrogens with zero attached hydrogens (tertiary/aromatic N) is 4. The van der Waals surface area contributed by atoms with E-state index in [9.17, 15) is 19.5 Å². The van der Waals surface area contributed by atoms with Crippen molar-refractivity contribution < 1.29 is 14.7 Å². The minimum Gasteiger partial charge on any atom is -0.477 e. The highest BCUT2D eigenvalue weighted by atomic mass is 16.4. The molecule has 2 amide bonds. The molecule has 2 aromatic heterocycles. The predicted octanol–water partition coefficient (Wildman–Crippen LogP) is 1.11. The normalized spacial score (nSPS) is 17.8. The molecule has 2 aromatic rings. The van der Waals surface area contributed by atoms with Crippen LogP contribution in [0.2, 0.25) is 0 Å². The number of carbonyl (C=O) groups excluding carboxylic acids is 1. The Morgan fingerprint density at radius 1 is 1.31 bits per heavy atom. The van der Waals surface area contributed by atoms with Crippen molar-refractivity contribution in [2.75, 3.05) is 28.2 Å². The summed E-state index contributed by atoms with van der Waals surface area (Å²) in [5, 5.41) is 11.9. The van der Waals surface area contributed by atoms with Crippen LogP contribution in [0.25, 0.3) is 0 Å². The number of aromatic carboxylic acids is 1. The Morgan fingerprint density at radius 2 is 2.12 bits per heavy atom. The Morgan fingerprint density at radius 3 is 2.88 bits per heavy atom. The molecule has 4 heterocycles. The largest absolute Gasteiger partial charge is 0.477 e. The first-order valence-electron chi connectivity index (χ1n) is 8.20. The number of anilines is 3. The third kappa shape index (κ3) is 2.57. The van der Waals surface area contributed by atoms with Gasteiger partial charge in [-0.15, -0.1) is 0 Å². The summed E-state index contributed by atoms with van der Waals surface area (Å²) < 4.78 is 1.67. The lowest BCUT2D eigenvalue weighted by atomic mass is 10.2. The number of fused-ring (bicyclic) bond motifs is 4. The summed E-state index contributed by atoms with van der Waals surface area (Å²) in [6, 6.07) is 3.87. The Labute approximate surface area is 148 Å². The number of carbonyl (C=O) groups is 2. The summed E-state index contributed by atoms with van der Waals surface area (Å²) in [6.07, 6.45) is 3.88. The maximum atomic E-state index is 12.9. The lowest BCUT2D eigenvalue weighted by Gasteiger charge is -2.35. The van der Waals surface area contributed by atoms with Gasteiger partial charge in [0.2, 0.25) is 5.43 Å². The van der Waals surface area contributed by atoms with E-state index in [4.69, 9.17) is 0 Å². The van der Waals surface area contributed by atoms with Crippen LogP contribution < -0.4 is 20.5 Å². The first-order chi connectivity index (χ1) is 12.4. The Balaban J connectivity index is 1.73. The fourth-order valence-corrected chi connectivity index (χ4v) is 3.45. The van der Waals surface area contributed by atoms with Gasteiger partial charge in [-0.2, -0.15) is 0 Å². The van der Waals surface area contributed by atoms with Gasteiger partial charge in [0.05, 0.1) is 11.7 Å². The minimum atomic E-state index is -1.15. The Bertz CT molecular complexity index is 970. The van der Waals surface area contributed by atoms with Gasteiger partial charge in [0.15, 0.2) is 11.5 Å². The van der Waals surface area contributed by atoms with Crippen molar-refractivity contribution in [2.24, 2.45) is 7.05 Å². The van der Waals surface area contributed by atoms with Crippen molar-refractivity contribution in [3.63, 3.8) is 0 Å². The van der Waals surface area contributed by atoms with Crippen LogP contribution in [-0.4, -0.2) is 45.8 Å². The molecule has 0 spiro atoms. The van der Waals surface area contributed by atoms with Crippen LogP contribution in [0, 0.1) is 0 Å². The molecule has 0 aliphatic carbocycles. The van der Waals surface area contributed by atoms with Crippen LogP contribution in [0.4, 0.5) is 22.0 Å². The Kier molecular flexibility index (Phi) is 3.64. The fourth-order valence-electron chi connectivity index (χ4n) is 3.45. The number of rotatable bonds is 2. The molecule has 2 N–H and O–H groups in total. The monoisotopic (exact) mass is 355 g/mol. The number of hydrogen-bond acceptors (Lipinski definition) is 5. The van der Waals surface area contributed by atoms with E-state index in [0.717, 1.165) is 18.7 Å². The summed E-state index contributed by atoms with van der Waals surface area (Å²) in [5.74, 6) is -0.845. The number of pyridine rings is 2. The highest BCUT2D eigenvalue weighted by Gasteiger charge is 2.40. The van der Waals surface area contributed by atoms with E-state index in [1.165, 1.54) is 23.2 Å². The van der Waals surface area contributed by atoms with Gasteiger partial charge >= 0.3 is 12.0 Å². The van der Waals surface area contributed by atoms with Crippen LogP contribution in [0.3, 0.4) is 0 Å². The molecule has 134 valence electrons. The van der Waals surface area contributed by atoms with Gasteiger partial charge in [-0.3, -0.25) is 9.69 Å². The maximum Gasteiger partial charge on any atom is 0.354 e. The van der Waals surface area contributed by atoms with Crippen molar-refractivity contribution >= 4 is 29.2 Å². The molecule has 1 fully saturated rings. The van der Waals surface area contributed by atoms with E-state index < -0.39 is 12.0 Å². The lowest BCUT2D eigenvalue weighted by Crippen LogP contribution is -2.48. The van der Waals surface area contributed by atoms with E-state index in [0.29, 0.717) is 12.4 Å². The summed E-state index contributed by atoms with van der Waals surface area (Å²) in [4.78, 5) is 43.9. The molecular formula is C17H17N5O4. The zero-order valence-corrected chi connectivity index (χ0v) is 14.0. The molecule has 0 aromatic carbocycles. The molecule has 9 nitrogen and oxygen atoms in total. The zero-order chi connectivity index (χ0) is 18.4. The number of aryl methyl sites for hydroxylation is 1. The standard InChI is InChI=1S/C17H17N5O4/c1-20-6-5-14(23)12(9-20)19-17(26)22-10-4-7-21(8-10)13-3-2-11(16(24)25)18-15(13)22/h2-3,5-6,9-10H,4,7-8H2,1H3,(H,19,26)(H,24,25). The smallest absolute Gasteiger partial charge is 0.354 e. The first kappa shape index (κ1) is 16.1. The van der Waals surface area contributed by atoms with Crippen LogP contribution in [0.1, 0.15) is 16.9 Å². The molecule has 2 aliphatic rings. The Hall–Kier alpha value is -3.36. The number of carboxylic acids is 1. The van der Waals surface area contributed by atoms with Crippen molar-refractivity contribution in [3.8, 4) is 0 Å². The third-order valence-electron chi connectivity index (χ3n) is 4.69. The summed E-state index contributed by atoms with van der Waals surface area (Å²) in [5.41, 5.74) is 0.463. The molecule has 2 aliphatic heterocycles. The first-order valence-corrected chi connectivity index (χ1v) is 8.20. The third-order valence-corrected chi connectivity index (χ3v) is 4.69. The number of carboxylic acid groups (broad SMARTS) is 1. The van der Waals surface area contributed by atoms with Gasteiger partial charge in [-0.25, -0.2) is 14.6 Å². The van der Waals surface area contributed by atoms with E-state index in [2.05, 4.69) is 15.2 Å². The van der Waals surface area contributed by atoms with Crippen LogP contribution in [0.15, 0.2) is 35.4 Å². The molecule has 1 unspecified atom stereocenters. The second-order valence-electron chi connectivity index (χ2n) is 6.42. The van der Waals surface area contributed by atoms with Crippen molar-refractivity contribution in [3.05, 3.63) is 46.5 Å². The molecule has 0 saturated carbocycles. The van der Waals surface area contributed by atoms with Gasteiger partial charge in [0.1, 0.15) is 5.69 Å².